The number of aliphatic hydroxyl groups is 1. The summed E-state index contributed by atoms with van der Waals surface area (Å²) >= 11 is 3.18. The number of rotatable bonds is 3. The topological polar surface area (TPSA) is 29.5 Å². The van der Waals surface area contributed by atoms with Crippen LogP contribution in [0.1, 0.15) is 37.4 Å². The van der Waals surface area contributed by atoms with Crippen molar-refractivity contribution in [3.05, 3.63) is 28.0 Å². The van der Waals surface area contributed by atoms with E-state index in [4.69, 9.17) is 4.74 Å². The second-order valence-corrected chi connectivity index (χ2v) is 6.50. The van der Waals surface area contributed by atoms with Crippen LogP contribution in [0.15, 0.2) is 16.6 Å². The summed E-state index contributed by atoms with van der Waals surface area (Å²) in [5.41, 5.74) is 0.704. The number of benzene rings is 1. The van der Waals surface area contributed by atoms with E-state index in [0.717, 1.165) is 0 Å². The van der Waals surface area contributed by atoms with Crippen molar-refractivity contribution in [1.82, 2.24) is 0 Å². The Morgan fingerprint density at radius 1 is 1.32 bits per heavy atom. The smallest absolute Gasteiger partial charge is 0.141 e. The lowest BCUT2D eigenvalue weighted by Gasteiger charge is -2.16. The lowest BCUT2D eigenvalue weighted by Crippen LogP contribution is -2.05. The van der Waals surface area contributed by atoms with Gasteiger partial charge in [-0.25, -0.2) is 4.39 Å². The Bertz CT molecular complexity index is 479. The number of fused-ring (bicyclic) bond motifs is 1. The third-order valence-electron chi connectivity index (χ3n) is 4.68. The van der Waals surface area contributed by atoms with Crippen LogP contribution in [-0.4, -0.2) is 12.2 Å². The SMILES string of the molecule is COc1cc(F)c(Br)cc1C(O)C1C2CCCCC21. The highest BCUT2D eigenvalue weighted by Crippen LogP contribution is 2.61. The molecule has 2 aliphatic rings. The van der Waals surface area contributed by atoms with Crippen LogP contribution in [0.5, 0.6) is 5.75 Å². The Hall–Kier alpha value is -0.610. The molecule has 0 spiro atoms. The van der Waals surface area contributed by atoms with Gasteiger partial charge in [0.2, 0.25) is 0 Å². The molecule has 3 atom stereocenters. The van der Waals surface area contributed by atoms with Gasteiger partial charge in [-0.05, 0) is 52.6 Å². The highest BCUT2D eigenvalue weighted by Gasteiger charge is 2.54. The first-order chi connectivity index (χ1) is 9.13. The molecule has 4 heteroatoms. The molecule has 2 saturated carbocycles. The summed E-state index contributed by atoms with van der Waals surface area (Å²) in [5, 5.41) is 10.6. The maximum absolute atomic E-state index is 13.5. The average Bonchev–Trinajstić information content (AvgIpc) is 3.14. The summed E-state index contributed by atoms with van der Waals surface area (Å²) in [6.07, 6.45) is 4.44. The van der Waals surface area contributed by atoms with Gasteiger partial charge < -0.3 is 9.84 Å². The Kier molecular flexibility index (Phi) is 3.56. The fourth-order valence-corrected chi connectivity index (χ4v) is 4.04. The molecule has 0 radical (unpaired) electrons. The zero-order valence-electron chi connectivity index (χ0n) is 10.9. The van der Waals surface area contributed by atoms with Gasteiger partial charge in [0.1, 0.15) is 11.6 Å². The Morgan fingerprint density at radius 2 is 1.95 bits per heavy atom. The van der Waals surface area contributed by atoms with Crippen LogP contribution in [0.25, 0.3) is 0 Å². The Labute approximate surface area is 121 Å². The third kappa shape index (κ3) is 2.29. The summed E-state index contributed by atoms with van der Waals surface area (Å²) < 4.78 is 19.1. The monoisotopic (exact) mass is 328 g/mol. The molecule has 104 valence electrons. The molecule has 3 rings (SSSR count). The lowest BCUT2D eigenvalue weighted by molar-refractivity contribution is 0.138. The summed E-state index contributed by atoms with van der Waals surface area (Å²) in [4.78, 5) is 0. The predicted molar refractivity (Wildman–Crippen MR) is 74.5 cm³/mol. The van der Waals surface area contributed by atoms with E-state index in [1.165, 1.54) is 38.9 Å². The van der Waals surface area contributed by atoms with Gasteiger partial charge in [-0.3, -0.25) is 0 Å². The van der Waals surface area contributed by atoms with E-state index in [1.807, 2.05) is 0 Å². The molecule has 2 aliphatic carbocycles. The summed E-state index contributed by atoms with van der Waals surface area (Å²) in [6, 6.07) is 3.00. The molecule has 2 nitrogen and oxygen atoms in total. The molecule has 0 saturated heterocycles. The minimum Gasteiger partial charge on any atom is -0.496 e. The van der Waals surface area contributed by atoms with Crippen LogP contribution in [-0.2, 0) is 0 Å². The summed E-state index contributed by atoms with van der Waals surface area (Å²) in [5.74, 6) is 1.71. The predicted octanol–water partition coefficient (Wildman–Crippen LogP) is 4.07. The fraction of sp³-hybridized carbons (Fsp3) is 0.600. The van der Waals surface area contributed by atoms with Gasteiger partial charge in [-0.15, -0.1) is 0 Å². The Balaban J connectivity index is 1.87. The quantitative estimate of drug-likeness (QED) is 0.906. The lowest BCUT2D eigenvalue weighted by atomic mass is 10.0. The second kappa shape index (κ2) is 5.06. The van der Waals surface area contributed by atoms with Crippen molar-refractivity contribution in [3.63, 3.8) is 0 Å². The van der Waals surface area contributed by atoms with Crippen molar-refractivity contribution < 1.29 is 14.2 Å². The van der Waals surface area contributed by atoms with E-state index in [-0.39, 0.29) is 5.82 Å². The number of hydrogen-bond acceptors (Lipinski definition) is 2. The van der Waals surface area contributed by atoms with Crippen molar-refractivity contribution in [2.45, 2.75) is 31.8 Å². The first-order valence-corrected chi connectivity index (χ1v) is 7.63. The van der Waals surface area contributed by atoms with Gasteiger partial charge in [-0.2, -0.15) is 0 Å². The number of ether oxygens (including phenoxy) is 1. The largest absolute Gasteiger partial charge is 0.496 e. The van der Waals surface area contributed by atoms with E-state index in [0.29, 0.717) is 33.5 Å². The van der Waals surface area contributed by atoms with E-state index in [2.05, 4.69) is 15.9 Å². The zero-order valence-corrected chi connectivity index (χ0v) is 12.5. The minimum absolute atomic E-state index is 0.328. The highest BCUT2D eigenvalue weighted by molar-refractivity contribution is 9.10. The molecule has 1 aromatic carbocycles. The second-order valence-electron chi connectivity index (χ2n) is 5.64. The number of methoxy groups -OCH3 is 1. The number of aliphatic hydroxyl groups excluding tert-OH is 1. The van der Waals surface area contributed by atoms with E-state index >= 15 is 0 Å². The van der Waals surface area contributed by atoms with Crippen LogP contribution in [0.3, 0.4) is 0 Å². The van der Waals surface area contributed by atoms with E-state index < -0.39 is 6.10 Å². The van der Waals surface area contributed by atoms with Crippen LogP contribution in [0, 0.1) is 23.6 Å². The van der Waals surface area contributed by atoms with Gasteiger partial charge in [0, 0.05) is 11.6 Å². The molecular formula is C15H18BrFO2. The first kappa shape index (κ1) is 13.4. The van der Waals surface area contributed by atoms with Crippen molar-refractivity contribution in [1.29, 1.82) is 0 Å². The zero-order chi connectivity index (χ0) is 13.6. The van der Waals surface area contributed by atoms with E-state index in [1.54, 1.807) is 6.07 Å². The maximum Gasteiger partial charge on any atom is 0.141 e. The maximum atomic E-state index is 13.5. The molecule has 3 unspecified atom stereocenters. The van der Waals surface area contributed by atoms with Crippen LogP contribution >= 0.6 is 15.9 Å². The average molecular weight is 329 g/mol. The van der Waals surface area contributed by atoms with Crippen molar-refractivity contribution >= 4 is 15.9 Å². The molecule has 1 N–H and O–H groups in total. The van der Waals surface area contributed by atoms with Gasteiger partial charge in [0.15, 0.2) is 0 Å². The van der Waals surface area contributed by atoms with Gasteiger partial charge >= 0.3 is 0 Å². The number of hydrogen-bond donors (Lipinski definition) is 1. The van der Waals surface area contributed by atoms with Crippen molar-refractivity contribution in [2.75, 3.05) is 7.11 Å². The molecular weight excluding hydrogens is 311 g/mol. The normalized spacial score (nSPS) is 30.6. The molecule has 0 heterocycles. The molecule has 0 aromatic heterocycles. The molecule has 0 bridgehead atoms. The van der Waals surface area contributed by atoms with Crippen molar-refractivity contribution in [2.24, 2.45) is 17.8 Å². The third-order valence-corrected chi connectivity index (χ3v) is 5.29. The fourth-order valence-electron chi connectivity index (χ4n) is 3.68. The van der Waals surface area contributed by atoms with Crippen LogP contribution in [0.2, 0.25) is 0 Å². The standard InChI is InChI=1S/C15H18BrFO2/c1-19-13-7-12(17)11(16)6-10(13)15(18)14-8-4-2-3-5-9(8)14/h6-9,14-15,18H,2-5H2,1H3. The molecule has 0 amide bonds. The van der Waals surface area contributed by atoms with Crippen LogP contribution in [0.4, 0.5) is 4.39 Å². The molecule has 2 fully saturated rings. The molecule has 1 aromatic rings. The molecule has 19 heavy (non-hydrogen) atoms. The van der Waals surface area contributed by atoms with Gasteiger partial charge in [0.25, 0.3) is 0 Å². The Morgan fingerprint density at radius 3 is 2.53 bits per heavy atom. The van der Waals surface area contributed by atoms with Crippen LogP contribution < -0.4 is 4.74 Å². The van der Waals surface area contributed by atoms with Crippen molar-refractivity contribution in [3.8, 4) is 5.75 Å². The van der Waals surface area contributed by atoms with E-state index in [9.17, 15) is 9.50 Å². The summed E-state index contributed by atoms with van der Waals surface area (Å²) in [7, 11) is 1.51. The van der Waals surface area contributed by atoms with Gasteiger partial charge in [-0.1, -0.05) is 12.8 Å². The number of halogens is 2. The van der Waals surface area contributed by atoms with Gasteiger partial charge in [0.05, 0.1) is 17.7 Å². The highest BCUT2D eigenvalue weighted by atomic mass is 79.9. The first-order valence-electron chi connectivity index (χ1n) is 6.84. The molecule has 0 aliphatic heterocycles. The summed E-state index contributed by atoms with van der Waals surface area (Å²) in [6.45, 7) is 0. The minimum atomic E-state index is -0.542.